The quantitative estimate of drug-likeness (QED) is 0.670. The van der Waals surface area contributed by atoms with E-state index in [0.29, 0.717) is 22.9 Å². The van der Waals surface area contributed by atoms with E-state index in [2.05, 4.69) is 25.5 Å². The second kappa shape index (κ2) is 7.60. The zero-order valence-corrected chi connectivity index (χ0v) is 13.7. The molecule has 0 aliphatic rings. The molecule has 2 aromatic heterocycles. The Balaban J connectivity index is 1.64. The second-order valence-electron chi connectivity index (χ2n) is 4.82. The fourth-order valence-corrected chi connectivity index (χ4v) is 2.72. The molecule has 0 saturated carbocycles. The van der Waals surface area contributed by atoms with Crippen LogP contribution < -0.4 is 10.1 Å². The summed E-state index contributed by atoms with van der Waals surface area (Å²) in [6.07, 6.45) is 3.02. The van der Waals surface area contributed by atoms with Gasteiger partial charge in [0.15, 0.2) is 5.16 Å². The Labute approximate surface area is 142 Å². The minimum absolute atomic E-state index is 0.187. The van der Waals surface area contributed by atoms with Crippen LogP contribution in [0.3, 0.4) is 0 Å². The number of H-pyrrole nitrogens is 1. The third-order valence-electron chi connectivity index (χ3n) is 3.16. The topological polar surface area (TPSA) is 92.8 Å². The van der Waals surface area contributed by atoms with Gasteiger partial charge >= 0.3 is 0 Å². The molecule has 8 heteroatoms. The van der Waals surface area contributed by atoms with Crippen molar-refractivity contribution in [2.24, 2.45) is 0 Å². The summed E-state index contributed by atoms with van der Waals surface area (Å²) in [6.45, 7) is 0. The lowest BCUT2D eigenvalue weighted by atomic mass is 10.1. The summed E-state index contributed by atoms with van der Waals surface area (Å²) in [6, 6.07) is 10.9. The molecule has 0 aliphatic heterocycles. The van der Waals surface area contributed by atoms with Gasteiger partial charge in [-0.15, -0.1) is 0 Å². The standard InChI is InChI=1S/C16H15N5O2S/c1-23-14-6-5-13(8-17-14)20-15(22)12-4-2-3-11(7-12)9-24-16-18-10-19-21-16/h2-8,10H,9H2,1H3,(H,20,22)(H,18,19,21). The molecular formula is C16H15N5O2S. The highest BCUT2D eigenvalue weighted by Crippen LogP contribution is 2.19. The number of hydrogen-bond acceptors (Lipinski definition) is 6. The monoisotopic (exact) mass is 341 g/mol. The Morgan fingerprint density at radius 1 is 1.29 bits per heavy atom. The molecule has 1 amide bonds. The molecule has 0 saturated heterocycles. The summed E-state index contributed by atoms with van der Waals surface area (Å²) in [7, 11) is 1.54. The van der Waals surface area contributed by atoms with E-state index in [-0.39, 0.29) is 5.91 Å². The van der Waals surface area contributed by atoms with Crippen LogP contribution in [-0.2, 0) is 5.75 Å². The number of carbonyl (C=O) groups is 1. The van der Waals surface area contributed by atoms with Crippen LogP contribution in [0.4, 0.5) is 5.69 Å². The van der Waals surface area contributed by atoms with Crippen LogP contribution in [0.2, 0.25) is 0 Å². The highest BCUT2D eigenvalue weighted by molar-refractivity contribution is 7.98. The first kappa shape index (κ1) is 16.0. The van der Waals surface area contributed by atoms with Crippen LogP contribution in [0.25, 0.3) is 0 Å². The van der Waals surface area contributed by atoms with Gasteiger partial charge in [-0.2, -0.15) is 5.10 Å². The molecule has 24 heavy (non-hydrogen) atoms. The van der Waals surface area contributed by atoms with Gasteiger partial charge in [-0.25, -0.2) is 9.97 Å². The molecule has 2 heterocycles. The largest absolute Gasteiger partial charge is 0.481 e. The van der Waals surface area contributed by atoms with Gasteiger partial charge in [0, 0.05) is 17.4 Å². The number of aromatic nitrogens is 4. The molecule has 0 fully saturated rings. The van der Waals surface area contributed by atoms with Crippen molar-refractivity contribution in [1.29, 1.82) is 0 Å². The predicted molar refractivity (Wildman–Crippen MR) is 91.1 cm³/mol. The third kappa shape index (κ3) is 4.11. The number of benzene rings is 1. The highest BCUT2D eigenvalue weighted by Gasteiger charge is 2.08. The first-order valence-corrected chi connectivity index (χ1v) is 8.11. The van der Waals surface area contributed by atoms with Gasteiger partial charge in [-0.3, -0.25) is 9.89 Å². The average Bonchev–Trinajstić information content (AvgIpc) is 3.14. The lowest BCUT2D eigenvalue weighted by molar-refractivity contribution is 0.102. The number of nitrogens with one attached hydrogen (secondary N) is 2. The van der Waals surface area contributed by atoms with E-state index < -0.39 is 0 Å². The van der Waals surface area contributed by atoms with E-state index in [4.69, 9.17) is 4.74 Å². The molecule has 1 aromatic carbocycles. The van der Waals surface area contributed by atoms with Gasteiger partial charge in [0.25, 0.3) is 5.91 Å². The number of methoxy groups -OCH3 is 1. The molecule has 0 spiro atoms. The van der Waals surface area contributed by atoms with E-state index in [1.807, 2.05) is 18.2 Å². The molecule has 7 nitrogen and oxygen atoms in total. The minimum atomic E-state index is -0.187. The normalized spacial score (nSPS) is 10.4. The summed E-state index contributed by atoms with van der Waals surface area (Å²) < 4.78 is 4.99. The van der Waals surface area contributed by atoms with Crippen molar-refractivity contribution in [2.45, 2.75) is 10.9 Å². The number of carbonyl (C=O) groups excluding carboxylic acids is 1. The summed E-state index contributed by atoms with van der Waals surface area (Å²) >= 11 is 1.52. The van der Waals surface area contributed by atoms with Crippen LogP contribution in [0.5, 0.6) is 5.88 Å². The van der Waals surface area contributed by atoms with Crippen molar-refractivity contribution in [3.05, 3.63) is 60.0 Å². The van der Waals surface area contributed by atoms with Crippen molar-refractivity contribution in [1.82, 2.24) is 20.2 Å². The highest BCUT2D eigenvalue weighted by atomic mass is 32.2. The van der Waals surface area contributed by atoms with Gasteiger partial charge in [-0.05, 0) is 23.8 Å². The summed E-state index contributed by atoms with van der Waals surface area (Å²) in [4.78, 5) is 20.5. The van der Waals surface area contributed by atoms with Crippen LogP contribution in [0.1, 0.15) is 15.9 Å². The molecule has 2 N–H and O–H groups in total. The van der Waals surface area contributed by atoms with Gasteiger partial charge in [0.2, 0.25) is 5.88 Å². The Hall–Kier alpha value is -2.87. The number of anilines is 1. The van der Waals surface area contributed by atoms with Crippen molar-refractivity contribution in [3.8, 4) is 5.88 Å². The summed E-state index contributed by atoms with van der Waals surface area (Å²) in [5, 5.41) is 10.2. The zero-order chi connectivity index (χ0) is 16.8. The molecule has 0 radical (unpaired) electrons. The summed E-state index contributed by atoms with van der Waals surface area (Å²) in [5.74, 6) is 1.01. The molecule has 0 atom stereocenters. The maximum atomic E-state index is 12.3. The zero-order valence-electron chi connectivity index (χ0n) is 12.9. The maximum Gasteiger partial charge on any atom is 0.255 e. The number of amides is 1. The Morgan fingerprint density at radius 2 is 2.21 bits per heavy atom. The van der Waals surface area contributed by atoms with Gasteiger partial charge in [0.05, 0.1) is 19.0 Å². The van der Waals surface area contributed by atoms with Crippen molar-refractivity contribution in [3.63, 3.8) is 0 Å². The molecule has 3 rings (SSSR count). The summed E-state index contributed by atoms with van der Waals surface area (Å²) in [5.41, 5.74) is 2.22. The molecule has 3 aromatic rings. The fraction of sp³-hybridized carbons (Fsp3) is 0.125. The Bertz CT molecular complexity index is 806. The Morgan fingerprint density at radius 3 is 2.92 bits per heavy atom. The van der Waals surface area contributed by atoms with E-state index in [1.165, 1.54) is 18.1 Å². The lowest BCUT2D eigenvalue weighted by Crippen LogP contribution is -2.12. The van der Waals surface area contributed by atoms with Gasteiger partial charge in [-0.1, -0.05) is 23.9 Å². The number of hydrogen-bond donors (Lipinski definition) is 2. The third-order valence-corrected chi connectivity index (χ3v) is 4.11. The van der Waals surface area contributed by atoms with E-state index in [9.17, 15) is 4.79 Å². The molecule has 0 bridgehead atoms. The van der Waals surface area contributed by atoms with Crippen molar-refractivity contribution >= 4 is 23.4 Å². The first-order valence-electron chi connectivity index (χ1n) is 7.13. The van der Waals surface area contributed by atoms with Gasteiger partial charge < -0.3 is 10.1 Å². The first-order chi connectivity index (χ1) is 11.7. The molecule has 0 aliphatic carbocycles. The number of pyridine rings is 1. The Kier molecular flexibility index (Phi) is 5.07. The smallest absolute Gasteiger partial charge is 0.255 e. The molecule has 122 valence electrons. The SMILES string of the molecule is COc1ccc(NC(=O)c2cccc(CSc3ncn[nH]3)c2)cn1. The maximum absolute atomic E-state index is 12.3. The lowest BCUT2D eigenvalue weighted by Gasteiger charge is -2.07. The van der Waals surface area contributed by atoms with Crippen LogP contribution in [0.15, 0.2) is 54.1 Å². The van der Waals surface area contributed by atoms with E-state index in [0.717, 1.165) is 10.7 Å². The van der Waals surface area contributed by atoms with Crippen LogP contribution in [0, 0.1) is 0 Å². The predicted octanol–water partition coefficient (Wildman–Crippen LogP) is 2.75. The average molecular weight is 341 g/mol. The van der Waals surface area contributed by atoms with Crippen molar-refractivity contribution < 1.29 is 9.53 Å². The fourth-order valence-electron chi connectivity index (χ4n) is 2.00. The number of nitrogens with zero attached hydrogens (tertiary/aromatic N) is 3. The number of aromatic amines is 1. The number of ether oxygens (including phenoxy) is 1. The van der Waals surface area contributed by atoms with E-state index >= 15 is 0 Å². The van der Waals surface area contributed by atoms with Gasteiger partial charge in [0.1, 0.15) is 6.33 Å². The van der Waals surface area contributed by atoms with Crippen LogP contribution >= 0.6 is 11.8 Å². The minimum Gasteiger partial charge on any atom is -0.481 e. The number of rotatable bonds is 6. The van der Waals surface area contributed by atoms with E-state index in [1.54, 1.807) is 31.5 Å². The second-order valence-corrected chi connectivity index (χ2v) is 5.79. The van der Waals surface area contributed by atoms with Crippen molar-refractivity contribution in [2.75, 3.05) is 12.4 Å². The number of thioether (sulfide) groups is 1. The van der Waals surface area contributed by atoms with Crippen LogP contribution in [-0.4, -0.2) is 33.2 Å². The molecule has 0 unspecified atom stereocenters. The molecular weight excluding hydrogens is 326 g/mol.